The number of fused-ring (bicyclic) bond motifs is 1. The quantitative estimate of drug-likeness (QED) is 0.565. The van der Waals surface area contributed by atoms with Crippen molar-refractivity contribution in [3.05, 3.63) is 47.0 Å². The molecule has 1 aliphatic heterocycles. The molecule has 2 aromatic rings. The molecular weight excluding hydrogens is 384 g/mol. The summed E-state index contributed by atoms with van der Waals surface area (Å²) in [4.78, 5) is 32.8. The van der Waals surface area contributed by atoms with E-state index in [1.165, 1.54) is 14.2 Å². The van der Waals surface area contributed by atoms with E-state index in [0.717, 1.165) is 46.9 Å². The summed E-state index contributed by atoms with van der Waals surface area (Å²) in [5.41, 5.74) is 3.24. The number of carbonyl (C=O) groups is 2. The molecule has 1 aliphatic carbocycles. The van der Waals surface area contributed by atoms with Gasteiger partial charge in [-0.15, -0.1) is 0 Å². The van der Waals surface area contributed by atoms with Gasteiger partial charge in [-0.05, 0) is 23.6 Å². The van der Waals surface area contributed by atoms with Crippen molar-refractivity contribution < 1.29 is 23.8 Å². The SMILES string of the molecule is COC(=O)C1(C(=O)OC)Cc2c(-c3ccccc3)nc(N3CCOCC3)c(C)c2C1. The van der Waals surface area contributed by atoms with Crippen LogP contribution in [0.4, 0.5) is 5.82 Å². The van der Waals surface area contributed by atoms with Gasteiger partial charge >= 0.3 is 11.9 Å². The summed E-state index contributed by atoms with van der Waals surface area (Å²) in [6.45, 7) is 4.80. The number of aromatic nitrogens is 1. The standard InChI is InChI=1S/C23H26N2O5/c1-15-17-13-23(21(26)28-2,22(27)29-3)14-18(17)19(16-7-5-4-6-8-16)24-20(15)25-9-11-30-12-10-25/h4-8H,9-14H2,1-3H3. The van der Waals surface area contributed by atoms with Gasteiger partial charge in [-0.1, -0.05) is 30.3 Å². The normalized spacial score (nSPS) is 17.4. The number of nitrogens with zero attached hydrogens (tertiary/aromatic N) is 2. The van der Waals surface area contributed by atoms with Gasteiger partial charge in [-0.2, -0.15) is 0 Å². The number of methoxy groups -OCH3 is 2. The third-order valence-corrected chi connectivity index (χ3v) is 6.12. The third kappa shape index (κ3) is 3.23. The van der Waals surface area contributed by atoms with E-state index in [0.29, 0.717) is 13.2 Å². The van der Waals surface area contributed by atoms with Gasteiger partial charge in [0.05, 0.1) is 33.1 Å². The van der Waals surface area contributed by atoms with Crippen LogP contribution in [0.3, 0.4) is 0 Å². The van der Waals surface area contributed by atoms with Crippen molar-refractivity contribution in [3.8, 4) is 11.3 Å². The predicted molar refractivity (Wildman–Crippen MR) is 111 cm³/mol. The number of esters is 2. The molecule has 1 saturated heterocycles. The molecule has 0 saturated carbocycles. The Balaban J connectivity index is 1.91. The molecule has 0 bridgehead atoms. The molecule has 7 nitrogen and oxygen atoms in total. The fourth-order valence-corrected chi connectivity index (χ4v) is 4.54. The first-order valence-corrected chi connectivity index (χ1v) is 10.1. The molecule has 7 heteroatoms. The molecule has 2 aliphatic rings. The lowest BCUT2D eigenvalue weighted by Crippen LogP contribution is -2.42. The van der Waals surface area contributed by atoms with E-state index in [4.69, 9.17) is 19.2 Å². The second-order valence-electron chi connectivity index (χ2n) is 7.75. The van der Waals surface area contributed by atoms with Crippen LogP contribution in [0.15, 0.2) is 30.3 Å². The largest absolute Gasteiger partial charge is 0.468 e. The summed E-state index contributed by atoms with van der Waals surface area (Å²) in [6, 6.07) is 9.86. The second kappa shape index (κ2) is 8.07. The van der Waals surface area contributed by atoms with Crippen LogP contribution in [0.5, 0.6) is 0 Å². The number of carbonyl (C=O) groups excluding carboxylic acids is 2. The van der Waals surface area contributed by atoms with E-state index in [1.807, 2.05) is 37.3 Å². The first kappa shape index (κ1) is 20.3. The van der Waals surface area contributed by atoms with Crippen LogP contribution >= 0.6 is 0 Å². The second-order valence-corrected chi connectivity index (χ2v) is 7.75. The summed E-state index contributed by atoms with van der Waals surface area (Å²) < 4.78 is 15.6. The molecule has 0 N–H and O–H groups in total. The molecule has 1 aromatic heterocycles. The average molecular weight is 410 g/mol. The Morgan fingerprint density at radius 2 is 1.60 bits per heavy atom. The summed E-state index contributed by atoms with van der Waals surface area (Å²) in [5.74, 6) is -0.268. The Bertz CT molecular complexity index is 951. The highest BCUT2D eigenvalue weighted by molar-refractivity contribution is 6.02. The first-order chi connectivity index (χ1) is 14.5. The van der Waals surface area contributed by atoms with Crippen LogP contribution in [0.2, 0.25) is 0 Å². The maximum atomic E-state index is 12.8. The summed E-state index contributed by atoms with van der Waals surface area (Å²) in [6.07, 6.45) is 0.455. The number of hydrogen-bond donors (Lipinski definition) is 0. The zero-order chi connectivity index (χ0) is 21.3. The molecule has 0 unspecified atom stereocenters. The average Bonchev–Trinajstić information content (AvgIpc) is 3.22. The van der Waals surface area contributed by atoms with Gasteiger partial charge < -0.3 is 19.1 Å². The number of hydrogen-bond acceptors (Lipinski definition) is 7. The molecular formula is C23H26N2O5. The fraction of sp³-hybridized carbons (Fsp3) is 0.435. The van der Waals surface area contributed by atoms with Gasteiger partial charge in [-0.25, -0.2) is 4.98 Å². The Labute approximate surface area is 175 Å². The number of morpholine rings is 1. The maximum absolute atomic E-state index is 12.8. The van der Waals surface area contributed by atoms with Crippen molar-refractivity contribution in [1.29, 1.82) is 0 Å². The first-order valence-electron chi connectivity index (χ1n) is 10.1. The molecule has 2 heterocycles. The highest BCUT2D eigenvalue weighted by Crippen LogP contribution is 2.46. The Morgan fingerprint density at radius 3 is 2.20 bits per heavy atom. The van der Waals surface area contributed by atoms with Crippen LogP contribution < -0.4 is 4.90 Å². The van der Waals surface area contributed by atoms with Crippen LogP contribution in [0.1, 0.15) is 16.7 Å². The van der Waals surface area contributed by atoms with Crippen LogP contribution in [-0.4, -0.2) is 57.4 Å². The van der Waals surface area contributed by atoms with Crippen LogP contribution in [0.25, 0.3) is 11.3 Å². The highest BCUT2D eigenvalue weighted by atomic mass is 16.5. The van der Waals surface area contributed by atoms with Crippen molar-refractivity contribution in [2.45, 2.75) is 19.8 Å². The van der Waals surface area contributed by atoms with Gasteiger partial charge in [0.15, 0.2) is 5.41 Å². The van der Waals surface area contributed by atoms with Crippen molar-refractivity contribution in [3.63, 3.8) is 0 Å². The lowest BCUT2D eigenvalue weighted by atomic mass is 9.84. The van der Waals surface area contributed by atoms with Crippen molar-refractivity contribution in [2.24, 2.45) is 5.41 Å². The van der Waals surface area contributed by atoms with Gasteiger partial charge in [0.25, 0.3) is 0 Å². The van der Waals surface area contributed by atoms with E-state index < -0.39 is 17.4 Å². The fourth-order valence-electron chi connectivity index (χ4n) is 4.54. The number of anilines is 1. The summed E-state index contributed by atoms with van der Waals surface area (Å²) >= 11 is 0. The van der Waals surface area contributed by atoms with E-state index in [-0.39, 0.29) is 12.8 Å². The monoisotopic (exact) mass is 410 g/mol. The summed E-state index contributed by atoms with van der Waals surface area (Å²) in [7, 11) is 2.61. The Hall–Kier alpha value is -2.93. The molecule has 1 aromatic carbocycles. The zero-order valence-electron chi connectivity index (χ0n) is 17.6. The minimum Gasteiger partial charge on any atom is -0.468 e. The van der Waals surface area contributed by atoms with Gasteiger partial charge in [0, 0.05) is 31.5 Å². The molecule has 0 amide bonds. The molecule has 158 valence electrons. The molecule has 4 rings (SSSR count). The molecule has 30 heavy (non-hydrogen) atoms. The zero-order valence-corrected chi connectivity index (χ0v) is 17.6. The number of rotatable bonds is 4. The number of benzene rings is 1. The van der Waals surface area contributed by atoms with Gasteiger partial charge in [-0.3, -0.25) is 9.59 Å². The van der Waals surface area contributed by atoms with E-state index in [9.17, 15) is 9.59 Å². The van der Waals surface area contributed by atoms with Gasteiger partial charge in [0.2, 0.25) is 0 Å². The number of ether oxygens (including phenoxy) is 3. The van der Waals surface area contributed by atoms with Crippen molar-refractivity contribution >= 4 is 17.8 Å². The van der Waals surface area contributed by atoms with Crippen molar-refractivity contribution in [1.82, 2.24) is 4.98 Å². The van der Waals surface area contributed by atoms with E-state index >= 15 is 0 Å². The van der Waals surface area contributed by atoms with Crippen LogP contribution in [0, 0.1) is 12.3 Å². The molecule has 0 radical (unpaired) electrons. The molecule has 0 spiro atoms. The number of pyridine rings is 1. The lowest BCUT2D eigenvalue weighted by molar-refractivity contribution is -0.168. The highest BCUT2D eigenvalue weighted by Gasteiger charge is 2.54. The van der Waals surface area contributed by atoms with Gasteiger partial charge in [0.1, 0.15) is 5.82 Å². The molecule has 1 fully saturated rings. The van der Waals surface area contributed by atoms with Crippen molar-refractivity contribution in [2.75, 3.05) is 45.4 Å². The minimum absolute atomic E-state index is 0.211. The topological polar surface area (TPSA) is 78.0 Å². The lowest BCUT2D eigenvalue weighted by Gasteiger charge is -2.30. The minimum atomic E-state index is -1.38. The van der Waals surface area contributed by atoms with E-state index in [2.05, 4.69) is 4.90 Å². The Morgan fingerprint density at radius 1 is 1.00 bits per heavy atom. The maximum Gasteiger partial charge on any atom is 0.323 e. The van der Waals surface area contributed by atoms with E-state index in [1.54, 1.807) is 0 Å². The predicted octanol–water partition coefficient (Wildman–Crippen LogP) is 2.32. The molecule has 0 atom stereocenters. The Kier molecular flexibility index (Phi) is 5.47. The van der Waals surface area contributed by atoms with Crippen LogP contribution in [-0.2, 0) is 36.6 Å². The smallest absolute Gasteiger partial charge is 0.323 e. The third-order valence-electron chi connectivity index (χ3n) is 6.12. The summed E-state index contributed by atoms with van der Waals surface area (Å²) in [5, 5.41) is 0.